The number of nitrogens with one attached hydrogen (secondary N) is 2. The van der Waals surface area contributed by atoms with Gasteiger partial charge in [0.25, 0.3) is 5.91 Å². The Morgan fingerprint density at radius 3 is 2.24 bits per heavy atom. The van der Waals surface area contributed by atoms with Crippen molar-refractivity contribution in [2.24, 2.45) is 0 Å². The minimum atomic E-state index is -3.55. The van der Waals surface area contributed by atoms with E-state index >= 15 is 0 Å². The second-order valence-corrected chi connectivity index (χ2v) is 8.22. The molecule has 2 rings (SSSR count). The van der Waals surface area contributed by atoms with Crippen molar-refractivity contribution >= 4 is 37.5 Å². The van der Waals surface area contributed by atoms with Gasteiger partial charge in [0.15, 0.2) is 6.61 Å². The molecule has 0 saturated heterocycles. The Balaban J connectivity index is 1.92. The molecule has 134 valence electrons. The van der Waals surface area contributed by atoms with E-state index in [9.17, 15) is 13.2 Å². The summed E-state index contributed by atoms with van der Waals surface area (Å²) in [6, 6.07) is 12.9. The number of rotatable bonds is 7. The monoisotopic (exact) mass is 426 g/mol. The number of benzene rings is 2. The molecule has 0 unspecified atom stereocenters. The number of hydrogen-bond donors (Lipinski definition) is 2. The first-order valence-electron chi connectivity index (χ1n) is 7.57. The van der Waals surface area contributed by atoms with Gasteiger partial charge in [0, 0.05) is 16.2 Å². The van der Waals surface area contributed by atoms with Crippen molar-refractivity contribution in [1.82, 2.24) is 4.72 Å². The summed E-state index contributed by atoms with van der Waals surface area (Å²) in [6.07, 6.45) is 0. The largest absolute Gasteiger partial charge is 0.484 e. The summed E-state index contributed by atoms with van der Waals surface area (Å²) in [4.78, 5) is 12.0. The third-order valence-electron chi connectivity index (χ3n) is 3.02. The highest BCUT2D eigenvalue weighted by Crippen LogP contribution is 2.17. The summed E-state index contributed by atoms with van der Waals surface area (Å²) < 4.78 is 32.9. The van der Waals surface area contributed by atoms with Gasteiger partial charge in [0.1, 0.15) is 5.75 Å². The molecule has 25 heavy (non-hydrogen) atoms. The number of hydrogen-bond acceptors (Lipinski definition) is 4. The highest BCUT2D eigenvalue weighted by molar-refractivity contribution is 9.10. The first kappa shape index (κ1) is 19.4. The van der Waals surface area contributed by atoms with E-state index in [2.05, 4.69) is 26.0 Å². The van der Waals surface area contributed by atoms with Crippen molar-refractivity contribution in [2.45, 2.75) is 24.8 Å². The Kier molecular flexibility index (Phi) is 6.57. The molecule has 2 N–H and O–H groups in total. The average Bonchev–Trinajstić information content (AvgIpc) is 2.54. The molecular weight excluding hydrogens is 408 g/mol. The predicted molar refractivity (Wildman–Crippen MR) is 100 cm³/mol. The molecule has 0 fully saturated rings. The minimum absolute atomic E-state index is 0.142. The van der Waals surface area contributed by atoms with Crippen LogP contribution in [0.15, 0.2) is 57.9 Å². The van der Waals surface area contributed by atoms with E-state index in [0.29, 0.717) is 11.4 Å². The number of carbonyl (C=O) groups is 1. The summed E-state index contributed by atoms with van der Waals surface area (Å²) in [6.45, 7) is 3.35. The lowest BCUT2D eigenvalue weighted by Gasteiger charge is -2.11. The summed E-state index contributed by atoms with van der Waals surface area (Å²) in [5, 5.41) is 2.65. The molecule has 0 aromatic heterocycles. The van der Waals surface area contributed by atoms with Gasteiger partial charge in [-0.05, 0) is 62.4 Å². The molecule has 0 spiro atoms. The van der Waals surface area contributed by atoms with Crippen LogP contribution in [0.5, 0.6) is 5.75 Å². The van der Waals surface area contributed by atoms with E-state index in [1.54, 1.807) is 26.0 Å². The van der Waals surface area contributed by atoms with Crippen LogP contribution in [0.4, 0.5) is 5.69 Å². The lowest BCUT2D eigenvalue weighted by Crippen LogP contribution is -2.30. The van der Waals surface area contributed by atoms with Crippen LogP contribution < -0.4 is 14.8 Å². The van der Waals surface area contributed by atoms with Crippen molar-refractivity contribution in [3.05, 3.63) is 53.0 Å². The molecule has 0 aliphatic carbocycles. The fourth-order valence-corrected chi connectivity index (χ4v) is 3.49. The van der Waals surface area contributed by atoms with Gasteiger partial charge >= 0.3 is 0 Å². The molecule has 0 atom stereocenters. The van der Waals surface area contributed by atoms with Crippen molar-refractivity contribution in [1.29, 1.82) is 0 Å². The van der Waals surface area contributed by atoms with Crippen molar-refractivity contribution in [3.8, 4) is 5.75 Å². The Morgan fingerprint density at radius 2 is 1.68 bits per heavy atom. The zero-order chi connectivity index (χ0) is 18.4. The Bertz CT molecular complexity index is 819. The maximum absolute atomic E-state index is 12.0. The molecule has 8 heteroatoms. The Labute approximate surface area is 155 Å². The van der Waals surface area contributed by atoms with E-state index in [-0.39, 0.29) is 23.5 Å². The summed E-state index contributed by atoms with van der Waals surface area (Å²) >= 11 is 3.32. The number of sulfonamides is 1. The topological polar surface area (TPSA) is 84.5 Å². The Hall–Kier alpha value is -1.90. The molecule has 1 amide bonds. The van der Waals surface area contributed by atoms with E-state index in [0.717, 1.165) is 4.47 Å². The molecule has 0 bridgehead atoms. The van der Waals surface area contributed by atoms with Crippen LogP contribution in [-0.2, 0) is 14.8 Å². The lowest BCUT2D eigenvalue weighted by atomic mass is 10.3. The molecule has 2 aromatic carbocycles. The van der Waals surface area contributed by atoms with Gasteiger partial charge < -0.3 is 10.1 Å². The fraction of sp³-hybridized carbons (Fsp3) is 0.235. The number of halogens is 1. The molecule has 6 nitrogen and oxygen atoms in total. The first-order valence-corrected chi connectivity index (χ1v) is 9.84. The van der Waals surface area contributed by atoms with Crippen LogP contribution in [0.1, 0.15) is 13.8 Å². The normalized spacial score (nSPS) is 11.4. The fourth-order valence-electron chi connectivity index (χ4n) is 1.97. The number of carbonyl (C=O) groups excluding carboxylic acids is 1. The highest BCUT2D eigenvalue weighted by atomic mass is 79.9. The highest BCUT2D eigenvalue weighted by Gasteiger charge is 2.15. The second-order valence-electron chi connectivity index (χ2n) is 5.59. The van der Waals surface area contributed by atoms with E-state index in [1.165, 1.54) is 24.3 Å². The first-order chi connectivity index (χ1) is 11.8. The Morgan fingerprint density at radius 1 is 1.08 bits per heavy atom. The average molecular weight is 427 g/mol. The van der Waals surface area contributed by atoms with E-state index in [4.69, 9.17) is 4.74 Å². The van der Waals surface area contributed by atoms with Crippen molar-refractivity contribution in [3.63, 3.8) is 0 Å². The van der Waals surface area contributed by atoms with Crippen LogP contribution in [0.2, 0.25) is 0 Å². The molecule has 0 aliphatic rings. The zero-order valence-electron chi connectivity index (χ0n) is 13.8. The van der Waals surface area contributed by atoms with Crippen molar-refractivity contribution in [2.75, 3.05) is 11.9 Å². The van der Waals surface area contributed by atoms with E-state index < -0.39 is 10.0 Å². The molecule has 0 aliphatic heterocycles. The molecule has 0 heterocycles. The van der Waals surface area contributed by atoms with Gasteiger partial charge in [-0.3, -0.25) is 4.79 Å². The van der Waals surface area contributed by atoms with Gasteiger partial charge in [-0.25, -0.2) is 13.1 Å². The van der Waals surface area contributed by atoms with Crippen LogP contribution >= 0.6 is 15.9 Å². The third-order valence-corrected chi connectivity index (χ3v) is 5.23. The minimum Gasteiger partial charge on any atom is -0.484 e. The van der Waals surface area contributed by atoms with Crippen LogP contribution in [0.3, 0.4) is 0 Å². The third kappa shape index (κ3) is 6.15. The number of anilines is 1. The SMILES string of the molecule is CC(C)NS(=O)(=O)c1ccc(NC(=O)COc2ccc(Br)cc2)cc1. The lowest BCUT2D eigenvalue weighted by molar-refractivity contribution is -0.118. The number of amides is 1. The van der Waals surface area contributed by atoms with Gasteiger partial charge in [-0.2, -0.15) is 0 Å². The molecule has 0 saturated carbocycles. The van der Waals surface area contributed by atoms with Crippen molar-refractivity contribution < 1.29 is 17.9 Å². The van der Waals surface area contributed by atoms with Crippen LogP contribution in [-0.4, -0.2) is 27.0 Å². The van der Waals surface area contributed by atoms with Crippen LogP contribution in [0.25, 0.3) is 0 Å². The standard InChI is InChI=1S/C17H19BrN2O4S/c1-12(2)20-25(22,23)16-9-5-14(6-10-16)19-17(21)11-24-15-7-3-13(18)4-8-15/h3-10,12,20H,11H2,1-2H3,(H,19,21). The van der Waals surface area contributed by atoms with Crippen LogP contribution in [0, 0.1) is 0 Å². The maximum atomic E-state index is 12.0. The zero-order valence-corrected chi connectivity index (χ0v) is 16.2. The van der Waals surface area contributed by atoms with Gasteiger partial charge in [-0.1, -0.05) is 15.9 Å². The molecular formula is C17H19BrN2O4S. The van der Waals surface area contributed by atoms with Gasteiger partial charge in [-0.15, -0.1) is 0 Å². The predicted octanol–water partition coefficient (Wildman–Crippen LogP) is 3.15. The quantitative estimate of drug-likeness (QED) is 0.711. The van der Waals surface area contributed by atoms with Gasteiger partial charge in [0.05, 0.1) is 4.90 Å². The smallest absolute Gasteiger partial charge is 0.262 e. The van der Waals surface area contributed by atoms with E-state index in [1.807, 2.05) is 12.1 Å². The second kappa shape index (κ2) is 8.46. The van der Waals surface area contributed by atoms with Gasteiger partial charge in [0.2, 0.25) is 10.0 Å². The maximum Gasteiger partial charge on any atom is 0.262 e. The molecule has 2 aromatic rings. The summed E-state index contributed by atoms with van der Waals surface area (Å²) in [5.41, 5.74) is 0.493. The summed E-state index contributed by atoms with van der Waals surface area (Å²) in [7, 11) is -3.55. The number of ether oxygens (including phenoxy) is 1. The molecule has 0 radical (unpaired) electrons. The summed E-state index contributed by atoms with van der Waals surface area (Å²) in [5.74, 6) is 0.249.